The highest BCUT2D eigenvalue weighted by Crippen LogP contribution is 2.28. The average molecular weight is 276 g/mol. The predicted molar refractivity (Wildman–Crippen MR) is 75.5 cm³/mol. The van der Waals surface area contributed by atoms with Gasteiger partial charge in [0.2, 0.25) is 5.91 Å². The molecule has 1 fully saturated rings. The highest BCUT2D eigenvalue weighted by Gasteiger charge is 2.20. The number of hydrogen-bond acceptors (Lipinski definition) is 3. The van der Waals surface area contributed by atoms with Gasteiger partial charge >= 0.3 is 0 Å². The van der Waals surface area contributed by atoms with Crippen molar-refractivity contribution in [2.24, 2.45) is 11.7 Å². The summed E-state index contributed by atoms with van der Waals surface area (Å²) in [6.07, 6.45) is 3.38. The summed E-state index contributed by atoms with van der Waals surface area (Å²) in [5.74, 6) is 0.126. The largest absolute Gasteiger partial charge is 0.381 e. The molecule has 0 aliphatic heterocycles. The second kappa shape index (κ2) is 7.05. The van der Waals surface area contributed by atoms with Gasteiger partial charge in [-0.05, 0) is 49.4 Å². The van der Waals surface area contributed by atoms with Gasteiger partial charge in [0.1, 0.15) is 0 Å². The smallest absolute Gasteiger partial charge is 0.251 e. The molecule has 0 aromatic heterocycles. The number of nitrogens with one attached hydrogen (secondary N) is 1. The summed E-state index contributed by atoms with van der Waals surface area (Å²) in [7, 11) is 0. The van der Waals surface area contributed by atoms with E-state index in [1.54, 1.807) is 24.3 Å². The fourth-order valence-corrected chi connectivity index (χ4v) is 1.80. The van der Waals surface area contributed by atoms with Crippen LogP contribution in [0.4, 0.5) is 0 Å². The highest BCUT2D eigenvalue weighted by molar-refractivity contribution is 5.97. The molecule has 0 spiro atoms. The normalized spacial score (nSPS) is 14.0. The molecule has 3 N–H and O–H groups in total. The van der Waals surface area contributed by atoms with E-state index in [9.17, 15) is 9.59 Å². The Kier molecular flexibility index (Phi) is 5.12. The van der Waals surface area contributed by atoms with Gasteiger partial charge in [-0.3, -0.25) is 9.59 Å². The average Bonchev–Trinajstić information content (AvgIpc) is 3.26. The van der Waals surface area contributed by atoms with E-state index >= 15 is 0 Å². The lowest BCUT2D eigenvalue weighted by Gasteiger charge is -2.06. The van der Waals surface area contributed by atoms with Crippen molar-refractivity contribution in [3.63, 3.8) is 0 Å². The zero-order chi connectivity index (χ0) is 14.4. The summed E-state index contributed by atoms with van der Waals surface area (Å²) in [4.78, 5) is 22.7. The van der Waals surface area contributed by atoms with Crippen LogP contribution in [0.2, 0.25) is 0 Å². The number of benzene rings is 1. The third-order valence-corrected chi connectivity index (χ3v) is 3.23. The number of carbonyl (C=O) groups is 2. The first-order valence-electron chi connectivity index (χ1n) is 6.92. The van der Waals surface area contributed by atoms with Crippen LogP contribution in [0.3, 0.4) is 0 Å². The Morgan fingerprint density at radius 2 is 1.85 bits per heavy atom. The number of primary amides is 1. The minimum atomic E-state index is -0.496. The Bertz CT molecular complexity index is 467. The van der Waals surface area contributed by atoms with Crippen molar-refractivity contribution in [1.29, 1.82) is 0 Å². The van der Waals surface area contributed by atoms with Crippen LogP contribution < -0.4 is 11.1 Å². The van der Waals surface area contributed by atoms with E-state index in [-0.39, 0.29) is 5.91 Å². The minimum absolute atomic E-state index is 0.150. The maximum Gasteiger partial charge on any atom is 0.251 e. The Labute approximate surface area is 118 Å². The van der Waals surface area contributed by atoms with Crippen molar-refractivity contribution in [3.05, 3.63) is 35.4 Å². The number of amides is 2. The molecular weight excluding hydrogens is 256 g/mol. The Hall–Kier alpha value is -1.88. The lowest BCUT2D eigenvalue weighted by molar-refractivity contribution is 0.0935. The molecular formula is C15H20N2O3. The first-order chi connectivity index (χ1) is 9.66. The van der Waals surface area contributed by atoms with Gasteiger partial charge in [0.05, 0.1) is 0 Å². The molecule has 5 nitrogen and oxygen atoms in total. The summed E-state index contributed by atoms with van der Waals surface area (Å²) >= 11 is 0. The van der Waals surface area contributed by atoms with Crippen molar-refractivity contribution >= 4 is 11.8 Å². The second-order valence-electron chi connectivity index (χ2n) is 5.07. The number of carbonyl (C=O) groups excluding carboxylic acids is 2. The molecule has 0 saturated heterocycles. The topological polar surface area (TPSA) is 81.4 Å². The molecule has 0 unspecified atom stereocenters. The van der Waals surface area contributed by atoms with E-state index in [1.165, 1.54) is 12.8 Å². The molecule has 0 heterocycles. The van der Waals surface area contributed by atoms with Gasteiger partial charge in [-0.1, -0.05) is 0 Å². The van der Waals surface area contributed by atoms with Crippen LogP contribution in [0, 0.1) is 5.92 Å². The van der Waals surface area contributed by atoms with Gasteiger partial charge in [-0.2, -0.15) is 0 Å². The molecule has 1 aromatic rings. The van der Waals surface area contributed by atoms with Gasteiger partial charge < -0.3 is 15.8 Å². The van der Waals surface area contributed by atoms with Crippen LogP contribution in [0.5, 0.6) is 0 Å². The molecule has 0 atom stereocenters. The van der Waals surface area contributed by atoms with E-state index in [1.807, 2.05) is 0 Å². The fourth-order valence-electron chi connectivity index (χ4n) is 1.80. The summed E-state index contributed by atoms with van der Waals surface area (Å²) < 4.78 is 5.48. The van der Waals surface area contributed by atoms with Crippen LogP contribution in [-0.4, -0.2) is 31.6 Å². The van der Waals surface area contributed by atoms with Crippen LogP contribution in [0.25, 0.3) is 0 Å². The fraction of sp³-hybridized carbons (Fsp3) is 0.467. The second-order valence-corrected chi connectivity index (χ2v) is 5.07. The Morgan fingerprint density at radius 3 is 2.45 bits per heavy atom. The Morgan fingerprint density at radius 1 is 1.20 bits per heavy atom. The molecule has 1 aliphatic rings. The Balaban J connectivity index is 1.64. The van der Waals surface area contributed by atoms with Crippen molar-refractivity contribution in [2.45, 2.75) is 19.3 Å². The molecule has 1 saturated carbocycles. The SMILES string of the molecule is NC(=O)c1ccc(C(=O)NCCCOCC2CC2)cc1. The van der Waals surface area contributed by atoms with E-state index in [0.29, 0.717) is 24.3 Å². The van der Waals surface area contributed by atoms with E-state index in [0.717, 1.165) is 18.9 Å². The van der Waals surface area contributed by atoms with Gasteiger partial charge in [0, 0.05) is 30.9 Å². The zero-order valence-corrected chi connectivity index (χ0v) is 11.4. The number of hydrogen-bond donors (Lipinski definition) is 2. The molecule has 1 aromatic carbocycles. The van der Waals surface area contributed by atoms with E-state index < -0.39 is 5.91 Å². The standard InChI is InChI=1S/C15H20N2O3/c16-14(18)12-4-6-13(7-5-12)15(19)17-8-1-9-20-10-11-2-3-11/h4-7,11H,1-3,8-10H2,(H2,16,18)(H,17,19). The van der Waals surface area contributed by atoms with Crippen molar-refractivity contribution in [3.8, 4) is 0 Å². The van der Waals surface area contributed by atoms with Gasteiger partial charge in [0.15, 0.2) is 0 Å². The van der Waals surface area contributed by atoms with E-state index in [2.05, 4.69) is 5.32 Å². The zero-order valence-electron chi connectivity index (χ0n) is 11.4. The maximum atomic E-state index is 11.8. The van der Waals surface area contributed by atoms with Gasteiger partial charge in [-0.15, -0.1) is 0 Å². The summed E-state index contributed by atoms with van der Waals surface area (Å²) in [5.41, 5.74) is 6.06. The van der Waals surface area contributed by atoms with Crippen LogP contribution in [0.1, 0.15) is 40.0 Å². The number of nitrogens with two attached hydrogens (primary N) is 1. The molecule has 2 rings (SSSR count). The van der Waals surface area contributed by atoms with E-state index in [4.69, 9.17) is 10.5 Å². The van der Waals surface area contributed by atoms with Crippen LogP contribution in [0.15, 0.2) is 24.3 Å². The molecule has 1 aliphatic carbocycles. The van der Waals surface area contributed by atoms with Crippen LogP contribution >= 0.6 is 0 Å². The highest BCUT2D eigenvalue weighted by atomic mass is 16.5. The molecule has 20 heavy (non-hydrogen) atoms. The molecule has 2 amide bonds. The molecule has 5 heteroatoms. The summed E-state index contributed by atoms with van der Waals surface area (Å²) in [5, 5.41) is 2.82. The lowest BCUT2D eigenvalue weighted by atomic mass is 10.1. The van der Waals surface area contributed by atoms with Gasteiger partial charge in [0.25, 0.3) is 5.91 Å². The van der Waals surface area contributed by atoms with Crippen molar-refractivity contribution in [2.75, 3.05) is 19.8 Å². The molecule has 0 radical (unpaired) electrons. The van der Waals surface area contributed by atoms with Crippen molar-refractivity contribution in [1.82, 2.24) is 5.32 Å². The summed E-state index contributed by atoms with van der Waals surface area (Å²) in [6.45, 7) is 2.11. The minimum Gasteiger partial charge on any atom is -0.381 e. The van der Waals surface area contributed by atoms with Crippen molar-refractivity contribution < 1.29 is 14.3 Å². The third kappa shape index (κ3) is 4.66. The first-order valence-corrected chi connectivity index (χ1v) is 6.92. The predicted octanol–water partition coefficient (Wildman–Crippen LogP) is 1.33. The molecule has 108 valence electrons. The van der Waals surface area contributed by atoms with Gasteiger partial charge in [-0.25, -0.2) is 0 Å². The maximum absolute atomic E-state index is 11.8. The van der Waals surface area contributed by atoms with Crippen LogP contribution in [-0.2, 0) is 4.74 Å². The first kappa shape index (κ1) is 14.5. The number of ether oxygens (including phenoxy) is 1. The summed E-state index contributed by atoms with van der Waals surface area (Å²) in [6, 6.07) is 6.30. The monoisotopic (exact) mass is 276 g/mol. The number of rotatable bonds is 8. The molecule has 0 bridgehead atoms. The third-order valence-electron chi connectivity index (χ3n) is 3.23. The quantitative estimate of drug-likeness (QED) is 0.703. The lowest BCUT2D eigenvalue weighted by Crippen LogP contribution is -2.25.